The van der Waals surface area contributed by atoms with Gasteiger partial charge in [0, 0.05) is 42.8 Å². The lowest BCUT2D eigenvalue weighted by molar-refractivity contribution is 0.436. The van der Waals surface area contributed by atoms with Crippen LogP contribution in [-0.2, 0) is 5.41 Å². The second-order valence-corrected chi connectivity index (χ2v) is 15.2. The first-order chi connectivity index (χ1) is 27.2. The number of aromatic nitrogens is 3. The molecule has 0 atom stereocenters. The van der Waals surface area contributed by atoms with Crippen LogP contribution in [0.4, 0.5) is 17.1 Å². The second kappa shape index (κ2) is 11.2. The van der Waals surface area contributed by atoms with Crippen molar-refractivity contribution in [2.45, 2.75) is 15.2 Å². The SMILES string of the molecule is N#Cc1ccc2c(c1)c1ccccc1n2-c1cnc2c(c1)C1(c3ccccc3Oc3ccccc31)c1cc(N3c4ccccc4Sc4ccccc43)cnc1-2. The van der Waals surface area contributed by atoms with Crippen molar-refractivity contribution in [1.29, 1.82) is 5.26 Å². The summed E-state index contributed by atoms with van der Waals surface area (Å²) in [6, 6.07) is 55.2. The molecule has 0 saturated carbocycles. The minimum Gasteiger partial charge on any atom is -0.457 e. The maximum atomic E-state index is 9.80. The highest BCUT2D eigenvalue weighted by molar-refractivity contribution is 7.99. The van der Waals surface area contributed by atoms with Gasteiger partial charge in [-0.2, -0.15) is 5.26 Å². The van der Waals surface area contributed by atoms with Crippen LogP contribution in [0.5, 0.6) is 11.5 Å². The molecule has 6 aromatic carbocycles. The van der Waals surface area contributed by atoms with E-state index >= 15 is 0 Å². The van der Waals surface area contributed by atoms with Gasteiger partial charge in [0.05, 0.1) is 74.6 Å². The fourth-order valence-electron chi connectivity index (χ4n) is 9.12. The first kappa shape index (κ1) is 30.3. The fraction of sp³-hybridized carbons (Fsp3) is 0.0208. The lowest BCUT2D eigenvalue weighted by atomic mass is 9.66. The van der Waals surface area contributed by atoms with Crippen molar-refractivity contribution < 1.29 is 4.74 Å². The molecule has 0 saturated heterocycles. The third kappa shape index (κ3) is 4.04. The number of benzene rings is 6. The smallest absolute Gasteiger partial charge is 0.132 e. The number of nitriles is 1. The maximum absolute atomic E-state index is 9.80. The first-order valence-electron chi connectivity index (χ1n) is 18.2. The predicted molar refractivity (Wildman–Crippen MR) is 217 cm³/mol. The van der Waals surface area contributed by atoms with E-state index in [1.54, 1.807) is 11.8 Å². The number of hydrogen-bond donors (Lipinski definition) is 0. The van der Waals surface area contributed by atoms with E-state index in [9.17, 15) is 5.26 Å². The first-order valence-corrected chi connectivity index (χ1v) is 19.0. The van der Waals surface area contributed by atoms with Gasteiger partial charge in [0.1, 0.15) is 11.5 Å². The zero-order chi connectivity index (χ0) is 36.3. The molecule has 3 aliphatic rings. The molecule has 5 heterocycles. The van der Waals surface area contributed by atoms with Crippen LogP contribution in [0.3, 0.4) is 0 Å². The Morgan fingerprint density at radius 3 is 1.80 bits per heavy atom. The van der Waals surface area contributed by atoms with Crippen molar-refractivity contribution >= 4 is 50.6 Å². The Morgan fingerprint density at radius 1 is 0.545 bits per heavy atom. The average molecular weight is 722 g/mol. The molecule has 0 bridgehead atoms. The molecule has 55 heavy (non-hydrogen) atoms. The van der Waals surface area contributed by atoms with Gasteiger partial charge in [-0.25, -0.2) is 0 Å². The minimum atomic E-state index is -0.793. The van der Waals surface area contributed by atoms with E-state index in [1.165, 1.54) is 9.79 Å². The average Bonchev–Trinajstić information content (AvgIpc) is 3.72. The van der Waals surface area contributed by atoms with Gasteiger partial charge >= 0.3 is 0 Å². The van der Waals surface area contributed by atoms with Crippen molar-refractivity contribution in [2.75, 3.05) is 4.90 Å². The predicted octanol–water partition coefficient (Wildman–Crippen LogP) is 11.8. The molecule has 2 aliphatic heterocycles. The maximum Gasteiger partial charge on any atom is 0.132 e. The van der Waals surface area contributed by atoms with E-state index in [1.807, 2.05) is 42.7 Å². The zero-order valence-corrected chi connectivity index (χ0v) is 30.0. The van der Waals surface area contributed by atoms with Crippen LogP contribution >= 0.6 is 11.8 Å². The Labute approximate surface area is 320 Å². The van der Waals surface area contributed by atoms with Crippen LogP contribution in [-0.4, -0.2) is 14.5 Å². The van der Waals surface area contributed by atoms with Crippen LogP contribution in [0, 0.1) is 11.3 Å². The van der Waals surface area contributed by atoms with E-state index in [4.69, 9.17) is 14.7 Å². The lowest BCUT2D eigenvalue weighted by Crippen LogP contribution is -2.32. The summed E-state index contributed by atoms with van der Waals surface area (Å²) in [7, 11) is 0. The van der Waals surface area contributed by atoms with Crippen LogP contribution in [0.2, 0.25) is 0 Å². The van der Waals surface area contributed by atoms with E-state index in [0.29, 0.717) is 5.56 Å². The molecule has 1 spiro atoms. The normalized spacial score (nSPS) is 14.0. The number of ether oxygens (including phenoxy) is 1. The summed E-state index contributed by atoms with van der Waals surface area (Å²) in [6.45, 7) is 0. The Morgan fingerprint density at radius 2 is 1.11 bits per heavy atom. The molecule has 1 aliphatic carbocycles. The molecule has 9 aromatic rings. The van der Waals surface area contributed by atoms with Gasteiger partial charge in [0.15, 0.2) is 0 Å². The van der Waals surface area contributed by atoms with Crippen molar-refractivity contribution in [1.82, 2.24) is 14.5 Å². The van der Waals surface area contributed by atoms with Gasteiger partial charge in [-0.3, -0.25) is 9.97 Å². The Bertz CT molecular complexity index is 3070. The number of nitrogens with zero attached hydrogens (tertiary/aromatic N) is 5. The van der Waals surface area contributed by atoms with E-state index in [-0.39, 0.29) is 0 Å². The Kier molecular flexibility index (Phi) is 6.17. The number of hydrogen-bond acceptors (Lipinski definition) is 6. The number of rotatable bonds is 2. The van der Waals surface area contributed by atoms with E-state index in [0.717, 1.165) is 89.7 Å². The van der Waals surface area contributed by atoms with Gasteiger partial charge in [-0.05, 0) is 72.8 Å². The second-order valence-electron chi connectivity index (χ2n) is 14.1. The molecule has 7 heteroatoms. The van der Waals surface area contributed by atoms with Crippen LogP contribution in [0.1, 0.15) is 27.8 Å². The third-order valence-electron chi connectivity index (χ3n) is 11.3. The van der Waals surface area contributed by atoms with Gasteiger partial charge in [-0.15, -0.1) is 0 Å². The summed E-state index contributed by atoms with van der Waals surface area (Å²) in [6.07, 6.45) is 3.96. The van der Waals surface area contributed by atoms with Gasteiger partial charge < -0.3 is 14.2 Å². The Hall–Kier alpha value is -7.14. The quantitative estimate of drug-likeness (QED) is 0.177. The molecule has 3 aromatic heterocycles. The van der Waals surface area contributed by atoms with Crippen LogP contribution in [0.15, 0.2) is 174 Å². The number of fused-ring (bicyclic) bond motifs is 14. The molecular weight excluding hydrogens is 695 g/mol. The molecule has 0 fully saturated rings. The fourth-order valence-corrected chi connectivity index (χ4v) is 10.2. The molecule has 0 unspecified atom stereocenters. The summed E-state index contributed by atoms with van der Waals surface area (Å²) in [5.74, 6) is 1.61. The van der Waals surface area contributed by atoms with Crippen molar-refractivity contribution in [2.24, 2.45) is 0 Å². The van der Waals surface area contributed by atoms with Crippen molar-refractivity contribution in [3.8, 4) is 34.6 Å². The van der Waals surface area contributed by atoms with Gasteiger partial charge in [-0.1, -0.05) is 90.6 Å². The molecule has 6 nitrogen and oxygen atoms in total. The summed E-state index contributed by atoms with van der Waals surface area (Å²) < 4.78 is 8.96. The highest BCUT2D eigenvalue weighted by atomic mass is 32.2. The monoisotopic (exact) mass is 721 g/mol. The molecule has 0 amide bonds. The summed E-state index contributed by atoms with van der Waals surface area (Å²) in [5, 5.41) is 11.9. The molecular formula is C48H27N5OS. The molecule has 0 N–H and O–H groups in total. The third-order valence-corrected chi connectivity index (χ3v) is 12.5. The lowest BCUT2D eigenvalue weighted by Gasteiger charge is -2.39. The molecule has 256 valence electrons. The topological polar surface area (TPSA) is 67.0 Å². The molecule has 12 rings (SSSR count). The largest absolute Gasteiger partial charge is 0.457 e. The van der Waals surface area contributed by atoms with Crippen LogP contribution in [0.25, 0.3) is 38.9 Å². The van der Waals surface area contributed by atoms with Crippen molar-refractivity contribution in [3.05, 3.63) is 192 Å². The summed E-state index contributed by atoms with van der Waals surface area (Å²) in [5.41, 5.74) is 11.9. The summed E-state index contributed by atoms with van der Waals surface area (Å²) in [4.78, 5) is 15.4. The standard InChI is InChI=1S/C48H27N5OS/c49-26-29-21-22-39-33(23-29)32-11-1-4-14-38(32)52(39)30-24-36-46(50-27-30)47-37(48(36)34-12-2-7-17-42(34)54-43-18-8-3-13-35(43)48)25-31(28-51-47)53-40-15-5-9-19-44(40)55-45-20-10-6-16-41(45)53/h1-25,27-28H. The van der Waals surface area contributed by atoms with E-state index in [2.05, 4.69) is 137 Å². The summed E-state index contributed by atoms with van der Waals surface area (Å²) >= 11 is 1.80. The zero-order valence-electron chi connectivity index (χ0n) is 29.1. The Balaban J connectivity index is 1.17. The van der Waals surface area contributed by atoms with Crippen LogP contribution < -0.4 is 9.64 Å². The van der Waals surface area contributed by atoms with Gasteiger partial charge in [0.2, 0.25) is 0 Å². The number of anilines is 3. The molecule has 0 radical (unpaired) electrons. The number of pyridine rings is 2. The highest BCUT2D eigenvalue weighted by Gasteiger charge is 2.53. The van der Waals surface area contributed by atoms with E-state index < -0.39 is 5.41 Å². The van der Waals surface area contributed by atoms with Gasteiger partial charge in [0.25, 0.3) is 0 Å². The number of para-hydroxylation sites is 5. The van der Waals surface area contributed by atoms with Crippen molar-refractivity contribution in [3.63, 3.8) is 0 Å². The minimum absolute atomic E-state index is 0.631. The highest BCUT2D eigenvalue weighted by Crippen LogP contribution is 2.62.